The van der Waals surface area contributed by atoms with E-state index in [-0.39, 0.29) is 0 Å². The van der Waals surface area contributed by atoms with E-state index in [0.717, 1.165) is 28.2 Å². The van der Waals surface area contributed by atoms with Gasteiger partial charge in [-0.3, -0.25) is 0 Å². The molecule has 0 amide bonds. The molecule has 0 fully saturated rings. The van der Waals surface area contributed by atoms with E-state index in [1.165, 1.54) is 0 Å². The molecule has 0 aliphatic heterocycles. The van der Waals surface area contributed by atoms with Crippen LogP contribution in [0.4, 0.5) is 0 Å². The fourth-order valence-corrected chi connectivity index (χ4v) is 3.92. The molecule has 0 saturated carbocycles. The van der Waals surface area contributed by atoms with Gasteiger partial charge in [-0.1, -0.05) is 76.7 Å². The minimum Gasteiger partial charge on any atom is -0.232 e. The lowest BCUT2D eigenvalue weighted by Crippen LogP contribution is -1.99. The van der Waals surface area contributed by atoms with E-state index < -0.39 is 0 Å². The Bertz CT molecular complexity index is 1200. The number of rotatable bonds is 4. The average molecular weight is 460 g/mol. The first-order valence-electron chi connectivity index (χ1n) is 8.75. The fourth-order valence-electron chi connectivity index (χ4n) is 2.95. The summed E-state index contributed by atoms with van der Waals surface area (Å²) in [5.41, 5.74) is 4.26. The van der Waals surface area contributed by atoms with Crippen molar-refractivity contribution in [3.8, 4) is 16.9 Å². The van der Waals surface area contributed by atoms with Crippen molar-refractivity contribution in [2.45, 2.75) is 0 Å². The van der Waals surface area contributed by atoms with E-state index in [9.17, 15) is 0 Å². The summed E-state index contributed by atoms with van der Waals surface area (Å²) in [6, 6.07) is 22.7. The van der Waals surface area contributed by atoms with Gasteiger partial charge in [0.25, 0.3) is 0 Å². The van der Waals surface area contributed by atoms with E-state index in [4.69, 9.17) is 51.5 Å². The smallest absolute Gasteiger partial charge is 0.0862 e. The lowest BCUT2D eigenvalue weighted by Gasteiger charge is -2.09. The summed E-state index contributed by atoms with van der Waals surface area (Å²) in [7, 11) is 0. The van der Waals surface area contributed by atoms with Gasteiger partial charge in [-0.05, 0) is 60.2 Å². The van der Waals surface area contributed by atoms with Crippen molar-refractivity contribution in [2.24, 2.45) is 0 Å². The van der Waals surface area contributed by atoms with Gasteiger partial charge < -0.3 is 0 Å². The molecule has 4 aromatic rings. The lowest BCUT2D eigenvalue weighted by molar-refractivity contribution is 0.883. The number of para-hydroxylation sites is 1. The van der Waals surface area contributed by atoms with Crippen LogP contribution >= 0.6 is 46.4 Å². The summed E-state index contributed by atoms with van der Waals surface area (Å²) in [6.07, 6.45) is 3.81. The van der Waals surface area contributed by atoms with Gasteiger partial charge in [0.2, 0.25) is 0 Å². The van der Waals surface area contributed by atoms with Crippen LogP contribution in [0.25, 0.3) is 29.1 Å². The highest BCUT2D eigenvalue weighted by atomic mass is 35.5. The third kappa shape index (κ3) is 4.52. The summed E-state index contributed by atoms with van der Waals surface area (Å²) in [5, 5.41) is 7.08. The quantitative estimate of drug-likeness (QED) is 0.300. The van der Waals surface area contributed by atoms with Crippen LogP contribution in [0.1, 0.15) is 11.3 Å². The van der Waals surface area contributed by atoms with E-state index in [1.54, 1.807) is 18.2 Å². The largest absolute Gasteiger partial charge is 0.232 e. The van der Waals surface area contributed by atoms with Crippen LogP contribution < -0.4 is 0 Å². The molecule has 0 aliphatic carbocycles. The first-order valence-corrected chi connectivity index (χ1v) is 10.3. The zero-order chi connectivity index (χ0) is 20.4. The molecule has 1 aromatic heterocycles. The molecular formula is C23H14Cl4N2. The third-order valence-corrected chi connectivity index (χ3v) is 5.44. The Kier molecular flexibility index (Phi) is 5.98. The predicted molar refractivity (Wildman–Crippen MR) is 124 cm³/mol. The molecule has 144 valence electrons. The standard InChI is InChI=1S/C23H14Cl4N2/c24-16-8-6-15(21(26)12-16)7-10-18-14-23(20-11-9-17(25)13-22(20)27)29(28-18)19-4-2-1-3-5-19/h1-14H. The Morgan fingerprint density at radius 3 is 2.07 bits per heavy atom. The summed E-state index contributed by atoms with van der Waals surface area (Å²) in [4.78, 5) is 0. The molecule has 0 radical (unpaired) electrons. The molecule has 0 saturated heterocycles. The van der Waals surface area contributed by atoms with Crippen molar-refractivity contribution < 1.29 is 0 Å². The minimum absolute atomic E-state index is 0.561. The van der Waals surface area contributed by atoms with Gasteiger partial charge in [0.1, 0.15) is 0 Å². The summed E-state index contributed by atoms with van der Waals surface area (Å²) < 4.78 is 1.86. The highest BCUT2D eigenvalue weighted by Gasteiger charge is 2.14. The van der Waals surface area contributed by atoms with Crippen molar-refractivity contribution in [1.29, 1.82) is 0 Å². The van der Waals surface area contributed by atoms with Gasteiger partial charge >= 0.3 is 0 Å². The second-order valence-corrected chi connectivity index (χ2v) is 8.01. The Labute approximate surface area is 188 Å². The van der Waals surface area contributed by atoms with Crippen LogP contribution in [-0.4, -0.2) is 9.78 Å². The third-order valence-electron chi connectivity index (χ3n) is 4.33. The predicted octanol–water partition coefficient (Wildman–Crippen LogP) is 8.32. The molecule has 0 N–H and O–H groups in total. The topological polar surface area (TPSA) is 17.8 Å². The monoisotopic (exact) mass is 458 g/mol. The van der Waals surface area contributed by atoms with Crippen molar-refractivity contribution >= 4 is 58.6 Å². The number of aromatic nitrogens is 2. The molecule has 1 heterocycles. The van der Waals surface area contributed by atoms with Gasteiger partial charge in [-0.15, -0.1) is 0 Å². The molecule has 6 heteroatoms. The maximum Gasteiger partial charge on any atom is 0.0862 e. The first-order chi connectivity index (χ1) is 14.0. The highest BCUT2D eigenvalue weighted by molar-refractivity contribution is 6.36. The van der Waals surface area contributed by atoms with Gasteiger partial charge in [0.15, 0.2) is 0 Å². The van der Waals surface area contributed by atoms with Crippen LogP contribution in [0, 0.1) is 0 Å². The van der Waals surface area contributed by atoms with Crippen molar-refractivity contribution in [3.63, 3.8) is 0 Å². The highest BCUT2D eigenvalue weighted by Crippen LogP contribution is 2.33. The van der Waals surface area contributed by atoms with E-state index >= 15 is 0 Å². The van der Waals surface area contributed by atoms with Gasteiger partial charge in [0, 0.05) is 20.6 Å². The summed E-state index contributed by atoms with van der Waals surface area (Å²) in [6.45, 7) is 0. The Morgan fingerprint density at radius 2 is 1.38 bits per heavy atom. The Balaban J connectivity index is 1.80. The molecule has 29 heavy (non-hydrogen) atoms. The molecule has 0 aliphatic rings. The molecule has 4 rings (SSSR count). The van der Waals surface area contributed by atoms with Crippen LogP contribution in [0.3, 0.4) is 0 Å². The second kappa shape index (κ2) is 8.64. The maximum absolute atomic E-state index is 6.47. The maximum atomic E-state index is 6.47. The lowest BCUT2D eigenvalue weighted by atomic mass is 10.1. The molecule has 2 nitrogen and oxygen atoms in total. The number of hydrogen-bond acceptors (Lipinski definition) is 1. The number of halogens is 4. The van der Waals surface area contributed by atoms with Crippen molar-refractivity contribution in [3.05, 3.63) is 104 Å². The van der Waals surface area contributed by atoms with Crippen LogP contribution in [0.5, 0.6) is 0 Å². The summed E-state index contributed by atoms with van der Waals surface area (Å²) >= 11 is 24.8. The average Bonchev–Trinajstić information content (AvgIpc) is 3.12. The van der Waals surface area contributed by atoms with Gasteiger partial charge in [-0.25, -0.2) is 4.68 Å². The van der Waals surface area contributed by atoms with E-state index in [2.05, 4.69) is 0 Å². The van der Waals surface area contributed by atoms with E-state index in [0.29, 0.717) is 20.1 Å². The number of benzene rings is 3. The minimum atomic E-state index is 0.561. The SMILES string of the molecule is Clc1ccc(C=Cc2cc(-c3ccc(Cl)cc3Cl)n(-c3ccccc3)n2)c(Cl)c1. The molecule has 0 unspecified atom stereocenters. The van der Waals surface area contributed by atoms with Crippen molar-refractivity contribution in [2.75, 3.05) is 0 Å². The zero-order valence-corrected chi connectivity index (χ0v) is 18.0. The summed E-state index contributed by atoms with van der Waals surface area (Å²) in [5.74, 6) is 0. The number of hydrogen-bond donors (Lipinski definition) is 0. The van der Waals surface area contributed by atoms with Crippen LogP contribution in [0.2, 0.25) is 20.1 Å². The fraction of sp³-hybridized carbons (Fsp3) is 0. The molecule has 3 aromatic carbocycles. The Morgan fingerprint density at radius 1 is 0.690 bits per heavy atom. The molecular weight excluding hydrogens is 446 g/mol. The van der Waals surface area contributed by atoms with E-state index in [1.807, 2.05) is 71.4 Å². The Hall–Kier alpha value is -2.23. The van der Waals surface area contributed by atoms with Crippen LogP contribution in [0.15, 0.2) is 72.8 Å². The van der Waals surface area contributed by atoms with Gasteiger partial charge in [0.05, 0.1) is 22.1 Å². The van der Waals surface area contributed by atoms with Crippen molar-refractivity contribution in [1.82, 2.24) is 9.78 Å². The molecule has 0 atom stereocenters. The van der Waals surface area contributed by atoms with Gasteiger partial charge in [-0.2, -0.15) is 5.10 Å². The normalized spacial score (nSPS) is 11.3. The number of nitrogens with zero attached hydrogens (tertiary/aromatic N) is 2. The molecule has 0 bridgehead atoms. The molecule has 0 spiro atoms. The first kappa shape index (κ1) is 20.1. The van der Waals surface area contributed by atoms with Crippen LogP contribution in [-0.2, 0) is 0 Å². The zero-order valence-electron chi connectivity index (χ0n) is 15.0. The second-order valence-electron chi connectivity index (χ2n) is 6.33.